The molecule has 2 rings (SSSR count). The summed E-state index contributed by atoms with van der Waals surface area (Å²) >= 11 is 0. The maximum atomic E-state index is 13.3. The predicted molar refractivity (Wildman–Crippen MR) is 75.6 cm³/mol. The zero-order valence-electron chi connectivity index (χ0n) is 12.4. The third-order valence-electron chi connectivity index (χ3n) is 3.32. The molecule has 0 aliphatic heterocycles. The highest BCUT2D eigenvalue weighted by Crippen LogP contribution is 2.32. The lowest BCUT2D eigenvalue weighted by atomic mass is 10.1. The van der Waals surface area contributed by atoms with E-state index in [-0.39, 0.29) is 16.8 Å². The Bertz CT molecular complexity index is 821. The number of ketones is 2. The summed E-state index contributed by atoms with van der Waals surface area (Å²) < 4.78 is 52.5. The molecule has 1 aromatic heterocycles. The van der Waals surface area contributed by atoms with Gasteiger partial charge >= 0.3 is 6.18 Å². The summed E-state index contributed by atoms with van der Waals surface area (Å²) in [5.74, 6) is -2.64. The van der Waals surface area contributed by atoms with Gasteiger partial charge in [0.2, 0.25) is 0 Å². The van der Waals surface area contributed by atoms with Gasteiger partial charge in [-0.25, -0.2) is 4.39 Å². The average Bonchev–Trinajstić information content (AvgIpc) is 2.89. The van der Waals surface area contributed by atoms with E-state index >= 15 is 0 Å². The van der Waals surface area contributed by atoms with Crippen LogP contribution in [0.4, 0.5) is 17.6 Å². The smallest absolute Gasteiger partial charge is 0.337 e. The molecule has 0 unspecified atom stereocenters. The van der Waals surface area contributed by atoms with E-state index in [0.29, 0.717) is 18.4 Å². The zero-order valence-corrected chi connectivity index (χ0v) is 12.4. The van der Waals surface area contributed by atoms with Crippen molar-refractivity contribution in [1.82, 2.24) is 4.57 Å². The van der Waals surface area contributed by atoms with E-state index in [9.17, 15) is 31.9 Å². The lowest BCUT2D eigenvalue weighted by molar-refractivity contribution is -0.140. The first-order chi connectivity index (χ1) is 11.1. The molecular formula is C16H11F4NO3. The van der Waals surface area contributed by atoms with Crippen molar-refractivity contribution in [3.8, 4) is 0 Å². The Hall–Kier alpha value is -2.77. The second-order valence-electron chi connectivity index (χ2n) is 5.08. The lowest BCUT2D eigenvalue weighted by Crippen LogP contribution is -2.15. The number of alkyl halides is 3. The molecule has 0 aliphatic carbocycles. The van der Waals surface area contributed by atoms with Crippen molar-refractivity contribution in [2.24, 2.45) is 0 Å². The summed E-state index contributed by atoms with van der Waals surface area (Å²) in [5, 5.41) is 0. The van der Waals surface area contributed by atoms with Gasteiger partial charge in [0.1, 0.15) is 5.82 Å². The van der Waals surface area contributed by atoms with Crippen molar-refractivity contribution in [3.05, 3.63) is 58.7 Å². The van der Waals surface area contributed by atoms with Crippen LogP contribution in [0.3, 0.4) is 0 Å². The number of carbonyl (C=O) groups excluding carboxylic acids is 3. The molecule has 4 nitrogen and oxygen atoms in total. The van der Waals surface area contributed by atoms with Gasteiger partial charge in [0.25, 0.3) is 0 Å². The third-order valence-corrected chi connectivity index (χ3v) is 3.32. The first-order valence-corrected chi connectivity index (χ1v) is 6.69. The van der Waals surface area contributed by atoms with Gasteiger partial charge < -0.3 is 4.57 Å². The van der Waals surface area contributed by atoms with Crippen LogP contribution >= 0.6 is 0 Å². The molecule has 24 heavy (non-hydrogen) atoms. The Labute approximate surface area is 133 Å². The molecule has 0 amide bonds. The SMILES string of the molecule is CC(=O)c1cc(C=O)cn1CC(=O)c1ccc(F)c(C(F)(F)F)c1. The van der Waals surface area contributed by atoms with Crippen molar-refractivity contribution in [3.63, 3.8) is 0 Å². The Morgan fingerprint density at radius 3 is 2.42 bits per heavy atom. The van der Waals surface area contributed by atoms with Crippen molar-refractivity contribution in [1.29, 1.82) is 0 Å². The zero-order chi connectivity index (χ0) is 18.1. The largest absolute Gasteiger partial charge is 0.419 e. The molecule has 0 bridgehead atoms. The first kappa shape index (κ1) is 17.6. The summed E-state index contributed by atoms with van der Waals surface area (Å²) in [6.45, 7) is 0.774. The van der Waals surface area contributed by atoms with Crippen LogP contribution < -0.4 is 0 Å². The summed E-state index contributed by atoms with van der Waals surface area (Å²) in [5.41, 5.74) is -1.66. The van der Waals surface area contributed by atoms with Gasteiger partial charge in [-0.3, -0.25) is 14.4 Å². The second kappa shape index (κ2) is 6.38. The van der Waals surface area contributed by atoms with E-state index in [2.05, 4.69) is 0 Å². The Balaban J connectivity index is 2.36. The molecule has 0 aliphatic rings. The Morgan fingerprint density at radius 1 is 1.21 bits per heavy atom. The maximum Gasteiger partial charge on any atom is 0.419 e. The molecule has 0 fully saturated rings. The minimum absolute atomic E-state index is 0.0728. The standard InChI is InChI=1S/C16H11F4NO3/c1-9(23)14-4-10(8-22)6-21(14)7-15(24)11-2-3-13(17)12(5-11)16(18,19)20/h2-6,8H,7H2,1H3. The molecule has 2 aromatic rings. The number of aldehydes is 1. The van der Waals surface area contributed by atoms with Gasteiger partial charge in [-0.05, 0) is 24.3 Å². The highest BCUT2D eigenvalue weighted by atomic mass is 19.4. The number of carbonyl (C=O) groups is 3. The highest BCUT2D eigenvalue weighted by Gasteiger charge is 2.34. The van der Waals surface area contributed by atoms with Crippen LogP contribution in [-0.4, -0.2) is 22.4 Å². The molecule has 0 N–H and O–H groups in total. The number of rotatable bonds is 5. The van der Waals surface area contributed by atoms with Gasteiger partial charge in [0.15, 0.2) is 17.9 Å². The molecule has 0 saturated carbocycles. The topological polar surface area (TPSA) is 56.1 Å². The van der Waals surface area contributed by atoms with Crippen LogP contribution in [0.5, 0.6) is 0 Å². The van der Waals surface area contributed by atoms with E-state index in [1.807, 2.05) is 0 Å². The molecule has 126 valence electrons. The fourth-order valence-corrected chi connectivity index (χ4v) is 2.19. The average molecular weight is 341 g/mol. The fourth-order valence-electron chi connectivity index (χ4n) is 2.19. The van der Waals surface area contributed by atoms with Gasteiger partial charge in [-0.15, -0.1) is 0 Å². The van der Waals surface area contributed by atoms with E-state index in [1.165, 1.54) is 23.8 Å². The van der Waals surface area contributed by atoms with Crippen molar-refractivity contribution < 1.29 is 31.9 Å². The van der Waals surface area contributed by atoms with Gasteiger partial charge in [-0.2, -0.15) is 13.2 Å². The molecular weight excluding hydrogens is 330 g/mol. The summed E-state index contributed by atoms with van der Waals surface area (Å²) in [6.07, 6.45) is -3.20. The predicted octanol–water partition coefficient (Wildman–Crippen LogP) is 3.54. The molecule has 0 saturated heterocycles. The van der Waals surface area contributed by atoms with Crippen molar-refractivity contribution in [2.45, 2.75) is 19.6 Å². The minimum atomic E-state index is -4.93. The summed E-state index contributed by atoms with van der Waals surface area (Å²) in [7, 11) is 0. The molecule has 0 radical (unpaired) electrons. The number of benzene rings is 1. The maximum absolute atomic E-state index is 13.3. The molecule has 1 heterocycles. The van der Waals surface area contributed by atoms with E-state index in [1.54, 1.807) is 0 Å². The first-order valence-electron chi connectivity index (χ1n) is 6.69. The summed E-state index contributed by atoms with van der Waals surface area (Å²) in [4.78, 5) is 34.4. The molecule has 1 aromatic carbocycles. The normalized spacial score (nSPS) is 11.4. The quantitative estimate of drug-likeness (QED) is 0.475. The number of halogens is 4. The molecule has 8 heteroatoms. The third kappa shape index (κ3) is 3.58. The van der Waals surface area contributed by atoms with Crippen LogP contribution in [0.2, 0.25) is 0 Å². The van der Waals surface area contributed by atoms with Crippen LogP contribution in [0.1, 0.15) is 43.7 Å². The minimum Gasteiger partial charge on any atom is -0.337 e. The number of aromatic nitrogens is 1. The Kier molecular flexibility index (Phi) is 4.68. The fraction of sp³-hybridized carbons (Fsp3) is 0.188. The monoisotopic (exact) mass is 341 g/mol. The second-order valence-corrected chi connectivity index (χ2v) is 5.08. The molecule has 0 spiro atoms. The van der Waals surface area contributed by atoms with Crippen LogP contribution in [0, 0.1) is 5.82 Å². The number of Topliss-reactive ketones (excluding diaryl/α,β-unsaturated/α-hetero) is 2. The van der Waals surface area contributed by atoms with Crippen LogP contribution in [0.15, 0.2) is 30.5 Å². The van der Waals surface area contributed by atoms with Crippen molar-refractivity contribution >= 4 is 17.9 Å². The van der Waals surface area contributed by atoms with Gasteiger partial charge in [0, 0.05) is 24.2 Å². The molecule has 0 atom stereocenters. The van der Waals surface area contributed by atoms with Crippen LogP contribution in [0.25, 0.3) is 0 Å². The number of hydrogen-bond donors (Lipinski definition) is 0. The number of hydrogen-bond acceptors (Lipinski definition) is 3. The van der Waals surface area contributed by atoms with E-state index in [0.717, 1.165) is 6.07 Å². The highest BCUT2D eigenvalue weighted by molar-refractivity contribution is 5.98. The summed E-state index contributed by atoms with van der Waals surface area (Å²) in [6, 6.07) is 3.20. The lowest BCUT2D eigenvalue weighted by Gasteiger charge is -2.10. The van der Waals surface area contributed by atoms with Crippen LogP contribution in [-0.2, 0) is 12.7 Å². The van der Waals surface area contributed by atoms with Gasteiger partial charge in [0.05, 0.1) is 17.8 Å². The van der Waals surface area contributed by atoms with E-state index < -0.39 is 35.7 Å². The number of nitrogens with zero attached hydrogens (tertiary/aromatic N) is 1. The Morgan fingerprint density at radius 2 is 1.88 bits per heavy atom. The van der Waals surface area contributed by atoms with Crippen molar-refractivity contribution in [2.75, 3.05) is 0 Å². The van der Waals surface area contributed by atoms with Gasteiger partial charge in [-0.1, -0.05) is 0 Å². The van der Waals surface area contributed by atoms with E-state index in [4.69, 9.17) is 0 Å².